The van der Waals surface area contributed by atoms with Crippen LogP contribution in [0.25, 0.3) is 0 Å². The second kappa shape index (κ2) is 7.08. The third-order valence-corrected chi connectivity index (χ3v) is 4.92. The number of carbonyl (C=O) groups excluding carboxylic acids is 1. The van der Waals surface area contributed by atoms with Crippen LogP contribution in [0.2, 0.25) is 5.02 Å². The summed E-state index contributed by atoms with van der Waals surface area (Å²) in [6, 6.07) is 12.5. The molecular formula is C17H12ClN3O3S. The van der Waals surface area contributed by atoms with Gasteiger partial charge in [-0.05, 0) is 42.5 Å². The zero-order chi connectivity index (χ0) is 18.0. The molecule has 1 aliphatic rings. The van der Waals surface area contributed by atoms with Crippen molar-refractivity contribution in [2.24, 2.45) is 10.7 Å². The number of halogens is 1. The van der Waals surface area contributed by atoms with Crippen LogP contribution in [0.5, 0.6) is 0 Å². The topological polar surface area (TPSA) is 98.6 Å². The van der Waals surface area contributed by atoms with Crippen LogP contribution in [0.4, 0.5) is 11.4 Å². The van der Waals surface area contributed by atoms with E-state index in [1.54, 1.807) is 30.3 Å². The number of nitrogens with zero attached hydrogens (tertiary/aromatic N) is 2. The molecule has 3 rings (SSSR count). The number of non-ortho nitro benzene ring substituents is 1. The molecule has 0 aromatic heterocycles. The molecule has 1 aliphatic heterocycles. The van der Waals surface area contributed by atoms with Crippen LogP contribution in [-0.2, 0) is 0 Å². The second-order valence-electron chi connectivity index (χ2n) is 5.24. The van der Waals surface area contributed by atoms with E-state index in [9.17, 15) is 14.9 Å². The van der Waals surface area contributed by atoms with Crippen molar-refractivity contribution < 1.29 is 9.72 Å². The van der Waals surface area contributed by atoms with Crippen LogP contribution in [0.3, 0.4) is 0 Å². The van der Waals surface area contributed by atoms with Gasteiger partial charge in [0.25, 0.3) is 5.69 Å². The second-order valence-corrected chi connectivity index (χ2v) is 6.80. The van der Waals surface area contributed by atoms with Gasteiger partial charge in [0.2, 0.25) is 0 Å². The van der Waals surface area contributed by atoms with Crippen LogP contribution in [0, 0.1) is 10.1 Å². The van der Waals surface area contributed by atoms with Crippen molar-refractivity contribution in [1.29, 1.82) is 0 Å². The van der Waals surface area contributed by atoms with Crippen LogP contribution >= 0.6 is 23.4 Å². The molecule has 2 N–H and O–H groups in total. The van der Waals surface area contributed by atoms with Gasteiger partial charge in [0.05, 0.1) is 15.7 Å². The first-order valence-electron chi connectivity index (χ1n) is 7.21. The number of benzene rings is 2. The van der Waals surface area contributed by atoms with Gasteiger partial charge in [0.1, 0.15) is 5.25 Å². The Kier molecular flexibility index (Phi) is 4.87. The van der Waals surface area contributed by atoms with E-state index in [1.165, 1.54) is 36.0 Å². The molecule has 0 fully saturated rings. The first-order chi connectivity index (χ1) is 11.9. The van der Waals surface area contributed by atoms with Crippen LogP contribution in [-0.4, -0.2) is 21.0 Å². The van der Waals surface area contributed by atoms with E-state index in [2.05, 4.69) is 4.99 Å². The van der Waals surface area contributed by atoms with Crippen LogP contribution in [0.1, 0.15) is 10.4 Å². The summed E-state index contributed by atoms with van der Waals surface area (Å²) in [4.78, 5) is 27.2. The summed E-state index contributed by atoms with van der Waals surface area (Å²) in [7, 11) is 0. The van der Waals surface area contributed by atoms with Crippen molar-refractivity contribution >= 4 is 45.6 Å². The van der Waals surface area contributed by atoms with E-state index >= 15 is 0 Å². The van der Waals surface area contributed by atoms with E-state index in [4.69, 9.17) is 17.3 Å². The van der Waals surface area contributed by atoms with Gasteiger partial charge in [-0.2, -0.15) is 0 Å². The van der Waals surface area contributed by atoms with E-state index < -0.39 is 10.2 Å². The summed E-state index contributed by atoms with van der Waals surface area (Å²) in [5.41, 5.74) is 7.39. The minimum atomic E-state index is -0.590. The Labute approximate surface area is 152 Å². The molecule has 0 amide bonds. The summed E-state index contributed by atoms with van der Waals surface area (Å²) in [5.74, 6) is -0.213. The maximum atomic E-state index is 12.6. The van der Waals surface area contributed by atoms with Crippen molar-refractivity contribution in [3.63, 3.8) is 0 Å². The van der Waals surface area contributed by atoms with Crippen LogP contribution in [0.15, 0.2) is 65.3 Å². The van der Waals surface area contributed by atoms with E-state index in [1.807, 2.05) is 0 Å². The highest BCUT2D eigenvalue weighted by Gasteiger charge is 2.30. The molecule has 2 aromatic rings. The number of nitro groups is 1. The van der Waals surface area contributed by atoms with Gasteiger partial charge in [-0.15, -0.1) is 0 Å². The molecule has 0 aliphatic carbocycles. The van der Waals surface area contributed by atoms with E-state index in [-0.39, 0.29) is 11.5 Å². The van der Waals surface area contributed by atoms with Gasteiger partial charge in [0.15, 0.2) is 5.78 Å². The molecule has 0 radical (unpaired) electrons. The number of ketones is 1. The molecule has 1 atom stereocenters. The lowest BCUT2D eigenvalue weighted by Crippen LogP contribution is -2.21. The number of carbonyl (C=O) groups is 1. The zero-order valence-corrected chi connectivity index (χ0v) is 14.3. The lowest BCUT2D eigenvalue weighted by atomic mass is 10.1. The molecule has 0 spiro atoms. The fourth-order valence-electron chi connectivity index (χ4n) is 2.25. The molecular weight excluding hydrogens is 362 g/mol. The fraction of sp³-hybridized carbons (Fsp3) is 0.0588. The van der Waals surface area contributed by atoms with Gasteiger partial charge in [-0.3, -0.25) is 14.9 Å². The Morgan fingerprint density at radius 3 is 2.40 bits per heavy atom. The van der Waals surface area contributed by atoms with Crippen molar-refractivity contribution in [3.8, 4) is 0 Å². The number of nitrogens with two attached hydrogens (primary N) is 1. The van der Waals surface area contributed by atoms with E-state index in [0.717, 1.165) is 0 Å². The highest BCUT2D eigenvalue weighted by Crippen LogP contribution is 2.32. The minimum absolute atomic E-state index is 0.0656. The molecule has 2 aromatic carbocycles. The molecule has 0 bridgehead atoms. The monoisotopic (exact) mass is 373 g/mol. The fourth-order valence-corrected chi connectivity index (χ4v) is 3.42. The van der Waals surface area contributed by atoms with E-state index in [0.29, 0.717) is 27.0 Å². The number of aliphatic imine (C=N–C) groups is 1. The molecule has 1 heterocycles. The third-order valence-electron chi connectivity index (χ3n) is 3.50. The van der Waals surface area contributed by atoms with Crippen molar-refractivity contribution in [1.82, 2.24) is 0 Å². The lowest BCUT2D eigenvalue weighted by molar-refractivity contribution is -0.384. The first kappa shape index (κ1) is 17.2. The Balaban J connectivity index is 1.78. The molecule has 0 saturated heterocycles. The number of rotatable bonds is 4. The molecule has 8 heteroatoms. The van der Waals surface area contributed by atoms with Gasteiger partial charge >= 0.3 is 0 Å². The molecule has 6 nitrogen and oxygen atoms in total. The smallest absolute Gasteiger partial charge is 0.269 e. The number of hydrogen-bond donors (Lipinski definition) is 1. The average Bonchev–Trinajstić information content (AvgIpc) is 2.96. The number of Topliss-reactive ketones (excluding diaryl/α,β-unsaturated/α-hetero) is 1. The highest BCUT2D eigenvalue weighted by atomic mass is 35.5. The third kappa shape index (κ3) is 3.89. The highest BCUT2D eigenvalue weighted by molar-refractivity contribution is 8.16. The Morgan fingerprint density at radius 1 is 1.16 bits per heavy atom. The predicted octanol–water partition coefficient (Wildman–Crippen LogP) is 4.12. The number of nitro benzene ring substituents is 1. The molecule has 25 heavy (non-hydrogen) atoms. The number of hydrogen-bond acceptors (Lipinski definition) is 6. The Morgan fingerprint density at radius 2 is 1.80 bits per heavy atom. The summed E-state index contributed by atoms with van der Waals surface area (Å²) >= 11 is 7.09. The maximum absolute atomic E-state index is 12.6. The van der Waals surface area contributed by atoms with Crippen molar-refractivity contribution in [2.45, 2.75) is 5.25 Å². The predicted molar refractivity (Wildman–Crippen MR) is 99.6 cm³/mol. The van der Waals surface area contributed by atoms with Gasteiger partial charge in [0, 0.05) is 28.4 Å². The van der Waals surface area contributed by atoms with Gasteiger partial charge in [-0.25, -0.2) is 4.99 Å². The Hall–Kier alpha value is -2.64. The SMILES string of the molecule is NC1=CC(=Nc2ccc(Cl)cc2)SC1C(=O)c1ccc([N+](=O)[O-])cc1. The molecule has 1 unspecified atom stereocenters. The van der Waals surface area contributed by atoms with Gasteiger partial charge in [-0.1, -0.05) is 23.4 Å². The van der Waals surface area contributed by atoms with Gasteiger partial charge < -0.3 is 5.73 Å². The quantitative estimate of drug-likeness (QED) is 0.493. The van der Waals surface area contributed by atoms with Crippen LogP contribution < -0.4 is 5.73 Å². The standard InChI is InChI=1S/C17H12ClN3O3S/c18-11-3-5-12(6-4-11)20-15-9-14(19)17(25-15)16(22)10-1-7-13(8-2-10)21(23)24/h1-9,17H,19H2. The van der Waals surface area contributed by atoms with Crippen molar-refractivity contribution in [3.05, 3.63) is 81.0 Å². The average molecular weight is 374 g/mol. The van der Waals surface area contributed by atoms with Crippen molar-refractivity contribution in [2.75, 3.05) is 0 Å². The molecule has 126 valence electrons. The summed E-state index contributed by atoms with van der Waals surface area (Å²) in [6.45, 7) is 0. The number of thioether (sulfide) groups is 1. The largest absolute Gasteiger partial charge is 0.401 e. The normalized spacial score (nSPS) is 18.2. The lowest BCUT2D eigenvalue weighted by Gasteiger charge is -2.09. The summed E-state index contributed by atoms with van der Waals surface area (Å²) < 4.78 is 0. The summed E-state index contributed by atoms with van der Waals surface area (Å²) in [5, 5.41) is 11.3. The molecule has 0 saturated carbocycles. The Bertz CT molecular complexity index is 892. The maximum Gasteiger partial charge on any atom is 0.269 e. The zero-order valence-electron chi connectivity index (χ0n) is 12.8. The summed E-state index contributed by atoms with van der Waals surface area (Å²) in [6.07, 6.45) is 1.66. The minimum Gasteiger partial charge on any atom is -0.401 e. The first-order valence-corrected chi connectivity index (χ1v) is 8.46.